The quantitative estimate of drug-likeness (QED) is 0.132. The Morgan fingerprint density at radius 3 is 1.52 bits per heavy atom. The highest BCUT2D eigenvalue weighted by Crippen LogP contribution is 2.13. The Hall–Kier alpha value is -0.770. The van der Waals surface area contributed by atoms with E-state index in [0.717, 1.165) is 38.9 Å². The first-order valence-electron chi connectivity index (χ1n) is 12.0. The minimum absolute atomic E-state index is 0.591. The predicted molar refractivity (Wildman–Crippen MR) is 122 cm³/mol. The van der Waals surface area contributed by atoms with E-state index >= 15 is 0 Å². The molecule has 0 fully saturated rings. The van der Waals surface area contributed by atoms with Crippen molar-refractivity contribution in [2.75, 3.05) is 19.6 Å². The Kier molecular flexibility index (Phi) is 22.6. The van der Waals surface area contributed by atoms with Gasteiger partial charge in [-0.15, -0.1) is 0 Å². The lowest BCUT2D eigenvalue weighted by Gasteiger charge is -2.05. The first-order valence-corrected chi connectivity index (χ1v) is 12.0. The minimum Gasteiger partial charge on any atom is -0.370 e. The van der Waals surface area contributed by atoms with E-state index in [4.69, 9.17) is 11.5 Å². The van der Waals surface area contributed by atoms with Gasteiger partial charge in [0, 0.05) is 13.1 Å². The van der Waals surface area contributed by atoms with Crippen LogP contribution in [0.2, 0.25) is 0 Å². The summed E-state index contributed by atoms with van der Waals surface area (Å²) < 4.78 is 0. The average Bonchev–Trinajstić information content (AvgIpc) is 2.67. The maximum Gasteiger partial charge on any atom is 0.188 e. The lowest BCUT2D eigenvalue weighted by Crippen LogP contribution is -2.32. The third-order valence-corrected chi connectivity index (χ3v) is 5.23. The summed E-state index contributed by atoms with van der Waals surface area (Å²) in [7, 11) is 0. The van der Waals surface area contributed by atoms with Crippen molar-refractivity contribution in [2.45, 2.75) is 122 Å². The van der Waals surface area contributed by atoms with Crippen LogP contribution in [0.3, 0.4) is 0 Å². The van der Waals surface area contributed by atoms with Gasteiger partial charge in [-0.25, -0.2) is 0 Å². The summed E-state index contributed by atoms with van der Waals surface area (Å²) >= 11 is 0. The molecule has 0 saturated heterocycles. The molecule has 0 unspecified atom stereocenters. The average molecular weight is 383 g/mol. The molecule has 0 aliphatic rings. The monoisotopic (exact) mass is 382 g/mol. The number of hydrogen-bond acceptors (Lipinski definition) is 2. The summed E-state index contributed by atoms with van der Waals surface area (Å²) in [6.07, 6.45) is 24.5. The molecule has 162 valence electrons. The van der Waals surface area contributed by atoms with Gasteiger partial charge < -0.3 is 16.8 Å². The lowest BCUT2D eigenvalue weighted by atomic mass is 10.0. The van der Waals surface area contributed by atoms with Crippen LogP contribution >= 0.6 is 0 Å². The molecular formula is C23H50N4. The zero-order chi connectivity index (χ0) is 19.8. The Morgan fingerprint density at radius 2 is 1.07 bits per heavy atom. The Morgan fingerprint density at radius 1 is 0.630 bits per heavy atom. The maximum absolute atomic E-state index is 5.83. The molecule has 0 atom stereocenters. The van der Waals surface area contributed by atoms with Crippen LogP contribution in [0.4, 0.5) is 0 Å². The van der Waals surface area contributed by atoms with Crippen molar-refractivity contribution in [3.05, 3.63) is 0 Å². The molecule has 4 nitrogen and oxygen atoms in total. The summed E-state index contributed by atoms with van der Waals surface area (Å²) in [4.78, 5) is 4.38. The summed E-state index contributed by atoms with van der Waals surface area (Å²) in [5.74, 6) is 0.591. The predicted octanol–water partition coefficient (Wildman–Crippen LogP) is 5.89. The molecule has 5 N–H and O–H groups in total. The molecule has 0 amide bonds. The molecule has 0 aliphatic heterocycles. The van der Waals surface area contributed by atoms with Crippen molar-refractivity contribution in [1.29, 1.82) is 0 Å². The van der Waals surface area contributed by atoms with Crippen LogP contribution in [0.15, 0.2) is 4.99 Å². The van der Waals surface area contributed by atoms with E-state index in [1.807, 2.05) is 0 Å². The normalized spacial score (nSPS) is 11.9. The highest BCUT2D eigenvalue weighted by Gasteiger charge is 1.95. The second-order valence-corrected chi connectivity index (χ2v) is 7.99. The van der Waals surface area contributed by atoms with Gasteiger partial charge in [-0.2, -0.15) is 0 Å². The molecule has 0 heterocycles. The van der Waals surface area contributed by atoms with Crippen molar-refractivity contribution >= 4 is 5.96 Å². The summed E-state index contributed by atoms with van der Waals surface area (Å²) in [6.45, 7) is 4.77. The number of nitrogens with zero attached hydrogens (tertiary/aromatic N) is 1. The first kappa shape index (κ1) is 26.2. The molecule has 4 heteroatoms. The third kappa shape index (κ3) is 23.2. The van der Waals surface area contributed by atoms with Gasteiger partial charge in [-0.05, 0) is 25.8 Å². The molecule has 0 radical (unpaired) electrons. The van der Waals surface area contributed by atoms with E-state index in [1.54, 1.807) is 0 Å². The molecule has 0 saturated carbocycles. The maximum atomic E-state index is 5.83. The van der Waals surface area contributed by atoms with Crippen LogP contribution in [0.5, 0.6) is 0 Å². The highest BCUT2D eigenvalue weighted by molar-refractivity contribution is 5.77. The van der Waals surface area contributed by atoms with Gasteiger partial charge in [0.05, 0.1) is 0 Å². The summed E-state index contributed by atoms with van der Waals surface area (Å²) in [5, 5.41) is 3.14. The second kappa shape index (κ2) is 23.3. The fourth-order valence-corrected chi connectivity index (χ4v) is 3.40. The Bertz CT molecular complexity index is 305. The van der Waals surface area contributed by atoms with Gasteiger partial charge in [-0.3, -0.25) is 4.99 Å². The van der Waals surface area contributed by atoms with Crippen molar-refractivity contribution in [3.8, 4) is 0 Å². The molecule has 0 spiro atoms. The van der Waals surface area contributed by atoms with Crippen molar-refractivity contribution in [2.24, 2.45) is 16.5 Å². The van der Waals surface area contributed by atoms with Gasteiger partial charge in [-0.1, -0.05) is 103 Å². The van der Waals surface area contributed by atoms with Gasteiger partial charge in [0.25, 0.3) is 0 Å². The van der Waals surface area contributed by atoms with E-state index in [9.17, 15) is 0 Å². The number of unbranched alkanes of at least 4 members (excludes halogenated alkanes) is 16. The van der Waals surface area contributed by atoms with Crippen LogP contribution in [-0.2, 0) is 0 Å². The van der Waals surface area contributed by atoms with Crippen molar-refractivity contribution in [3.63, 3.8) is 0 Å². The van der Waals surface area contributed by atoms with E-state index in [2.05, 4.69) is 17.2 Å². The molecule has 0 rings (SSSR count). The van der Waals surface area contributed by atoms with E-state index in [0.29, 0.717) is 5.96 Å². The zero-order valence-electron chi connectivity index (χ0n) is 18.5. The number of rotatable bonds is 21. The molecule has 0 aliphatic carbocycles. The van der Waals surface area contributed by atoms with Crippen LogP contribution in [-0.4, -0.2) is 25.6 Å². The standard InChI is InChI=1S/C23H50N4/c1-2-3-4-5-6-7-8-9-10-11-12-13-14-15-16-18-21-26-23(25)27-22-19-17-20-24/h2-22,24H2,1H3,(H3,25,26,27). The summed E-state index contributed by atoms with van der Waals surface area (Å²) in [5.41, 5.74) is 11.3. The fraction of sp³-hybridized carbons (Fsp3) is 0.957. The molecule has 0 aromatic heterocycles. The van der Waals surface area contributed by atoms with Gasteiger partial charge >= 0.3 is 0 Å². The SMILES string of the molecule is CCCCCCCCCCCCCCCCCCN=C(N)NCCCCN. The Balaban J connectivity index is 3.14. The zero-order valence-corrected chi connectivity index (χ0v) is 18.5. The third-order valence-electron chi connectivity index (χ3n) is 5.23. The summed E-state index contributed by atoms with van der Waals surface area (Å²) in [6, 6.07) is 0. The van der Waals surface area contributed by atoms with E-state index in [-0.39, 0.29) is 0 Å². The largest absolute Gasteiger partial charge is 0.370 e. The van der Waals surface area contributed by atoms with Crippen molar-refractivity contribution in [1.82, 2.24) is 5.32 Å². The lowest BCUT2D eigenvalue weighted by molar-refractivity contribution is 0.530. The Labute approximate surface area is 170 Å². The number of guanidine groups is 1. The molecule has 0 bridgehead atoms. The molecule has 0 aromatic carbocycles. The van der Waals surface area contributed by atoms with Crippen LogP contribution in [0.25, 0.3) is 0 Å². The highest BCUT2D eigenvalue weighted by atomic mass is 15.1. The van der Waals surface area contributed by atoms with Crippen molar-refractivity contribution < 1.29 is 0 Å². The number of nitrogens with one attached hydrogen (secondary N) is 1. The molecule has 27 heavy (non-hydrogen) atoms. The molecule has 0 aromatic rings. The number of nitrogens with two attached hydrogens (primary N) is 2. The van der Waals surface area contributed by atoms with Gasteiger partial charge in [0.15, 0.2) is 5.96 Å². The van der Waals surface area contributed by atoms with Gasteiger partial charge in [0.1, 0.15) is 0 Å². The minimum atomic E-state index is 0.591. The van der Waals surface area contributed by atoms with Crippen LogP contribution in [0.1, 0.15) is 122 Å². The molecular weight excluding hydrogens is 332 g/mol. The number of aliphatic imine (C=N–C) groups is 1. The van der Waals surface area contributed by atoms with Crippen LogP contribution < -0.4 is 16.8 Å². The topological polar surface area (TPSA) is 76.4 Å². The van der Waals surface area contributed by atoms with E-state index < -0.39 is 0 Å². The number of hydrogen-bond donors (Lipinski definition) is 3. The second-order valence-electron chi connectivity index (χ2n) is 7.99. The van der Waals surface area contributed by atoms with Gasteiger partial charge in [0.2, 0.25) is 0 Å². The smallest absolute Gasteiger partial charge is 0.188 e. The van der Waals surface area contributed by atoms with E-state index in [1.165, 1.54) is 96.3 Å². The fourth-order valence-electron chi connectivity index (χ4n) is 3.40. The van der Waals surface area contributed by atoms with Crippen LogP contribution in [0, 0.1) is 0 Å². The first-order chi connectivity index (χ1) is 13.3.